The summed E-state index contributed by atoms with van der Waals surface area (Å²) in [4.78, 5) is 19.2. The molecule has 1 fully saturated rings. The van der Waals surface area contributed by atoms with E-state index >= 15 is 0 Å². The van der Waals surface area contributed by atoms with E-state index in [-0.39, 0.29) is 5.91 Å². The van der Waals surface area contributed by atoms with Crippen LogP contribution in [0, 0.1) is 6.92 Å². The third-order valence-corrected chi connectivity index (χ3v) is 5.48. The number of piperazine rings is 1. The summed E-state index contributed by atoms with van der Waals surface area (Å²) in [5, 5.41) is 0. The second kappa shape index (κ2) is 9.67. The second-order valence-electron chi connectivity index (χ2n) is 7.53. The fraction of sp³-hybridized carbons (Fsp3) is 0.435. The number of likely N-dealkylation sites (N-methyl/N-ethyl adjacent to an activating group) is 1. The zero-order chi connectivity index (χ0) is 19.1. The van der Waals surface area contributed by atoms with Crippen molar-refractivity contribution in [2.24, 2.45) is 0 Å². The van der Waals surface area contributed by atoms with Crippen molar-refractivity contribution in [1.82, 2.24) is 14.7 Å². The molecule has 1 amide bonds. The van der Waals surface area contributed by atoms with Gasteiger partial charge in [0.05, 0.1) is 6.54 Å². The van der Waals surface area contributed by atoms with Gasteiger partial charge < -0.3 is 9.80 Å². The molecule has 4 nitrogen and oxygen atoms in total. The number of amides is 1. The van der Waals surface area contributed by atoms with Crippen LogP contribution in [0.1, 0.15) is 16.7 Å². The number of rotatable bonds is 7. The summed E-state index contributed by atoms with van der Waals surface area (Å²) in [6.07, 6.45) is 1.10. The molecule has 27 heavy (non-hydrogen) atoms. The van der Waals surface area contributed by atoms with Crippen LogP contribution >= 0.6 is 0 Å². The molecule has 0 saturated carbocycles. The molecule has 0 radical (unpaired) electrons. The van der Waals surface area contributed by atoms with Gasteiger partial charge >= 0.3 is 0 Å². The summed E-state index contributed by atoms with van der Waals surface area (Å²) in [7, 11) is 1.91. The van der Waals surface area contributed by atoms with Crippen molar-refractivity contribution < 1.29 is 4.79 Å². The van der Waals surface area contributed by atoms with E-state index in [1.165, 1.54) is 16.7 Å². The summed E-state index contributed by atoms with van der Waals surface area (Å²) >= 11 is 0. The van der Waals surface area contributed by atoms with Gasteiger partial charge in [0, 0.05) is 46.3 Å². The lowest BCUT2D eigenvalue weighted by molar-refractivity contribution is -0.132. The molecule has 0 bridgehead atoms. The summed E-state index contributed by atoms with van der Waals surface area (Å²) in [5.74, 6) is 0.205. The van der Waals surface area contributed by atoms with Crippen LogP contribution in [-0.4, -0.2) is 66.9 Å². The third kappa shape index (κ3) is 5.91. The largest absolute Gasteiger partial charge is 0.340 e. The van der Waals surface area contributed by atoms with Gasteiger partial charge in [-0.15, -0.1) is 0 Å². The van der Waals surface area contributed by atoms with Gasteiger partial charge in [-0.3, -0.25) is 9.69 Å². The Bertz CT molecular complexity index is 723. The fourth-order valence-corrected chi connectivity index (χ4v) is 3.55. The average molecular weight is 366 g/mol. The molecule has 0 aromatic heterocycles. The number of carbonyl (C=O) groups excluding carboxylic acids is 1. The van der Waals surface area contributed by atoms with Crippen LogP contribution in [0.5, 0.6) is 0 Å². The lowest BCUT2D eigenvalue weighted by atomic mass is 10.1. The Morgan fingerprint density at radius 1 is 0.926 bits per heavy atom. The highest BCUT2D eigenvalue weighted by Gasteiger charge is 2.20. The number of carbonyl (C=O) groups is 1. The van der Waals surface area contributed by atoms with Gasteiger partial charge in [0.1, 0.15) is 0 Å². The molecule has 2 aromatic carbocycles. The van der Waals surface area contributed by atoms with Gasteiger partial charge in [-0.1, -0.05) is 54.6 Å². The SMILES string of the molecule is Cc1ccccc1CN(C)C(=O)CN1CCN(CCc2ccccc2)CC1. The van der Waals surface area contributed by atoms with Gasteiger partial charge in [0.2, 0.25) is 5.91 Å². The normalized spacial score (nSPS) is 15.6. The number of hydrogen-bond donors (Lipinski definition) is 0. The first-order chi connectivity index (χ1) is 13.1. The number of aryl methyl sites for hydroxylation is 1. The third-order valence-electron chi connectivity index (χ3n) is 5.48. The van der Waals surface area contributed by atoms with Crippen molar-refractivity contribution in [1.29, 1.82) is 0 Å². The molecule has 0 atom stereocenters. The Hall–Kier alpha value is -2.17. The zero-order valence-corrected chi connectivity index (χ0v) is 16.6. The first-order valence-corrected chi connectivity index (χ1v) is 9.89. The van der Waals surface area contributed by atoms with Crippen molar-refractivity contribution in [3.8, 4) is 0 Å². The van der Waals surface area contributed by atoms with Crippen molar-refractivity contribution in [3.63, 3.8) is 0 Å². The van der Waals surface area contributed by atoms with Gasteiger partial charge in [0.15, 0.2) is 0 Å². The average Bonchev–Trinajstić information content (AvgIpc) is 2.70. The van der Waals surface area contributed by atoms with Crippen LogP contribution in [0.2, 0.25) is 0 Å². The molecular weight excluding hydrogens is 334 g/mol. The van der Waals surface area contributed by atoms with E-state index in [1.807, 2.05) is 24.1 Å². The van der Waals surface area contributed by atoms with Crippen molar-refractivity contribution in [2.75, 3.05) is 46.3 Å². The van der Waals surface area contributed by atoms with Gasteiger partial charge in [-0.05, 0) is 30.0 Å². The van der Waals surface area contributed by atoms with Crippen LogP contribution in [-0.2, 0) is 17.8 Å². The minimum absolute atomic E-state index is 0.205. The molecule has 1 heterocycles. The number of hydrogen-bond acceptors (Lipinski definition) is 3. The second-order valence-corrected chi connectivity index (χ2v) is 7.53. The van der Waals surface area contributed by atoms with Gasteiger partial charge in [-0.2, -0.15) is 0 Å². The quantitative estimate of drug-likeness (QED) is 0.755. The molecule has 1 aliphatic heterocycles. The maximum atomic E-state index is 12.6. The zero-order valence-electron chi connectivity index (χ0n) is 16.6. The Morgan fingerprint density at radius 2 is 1.56 bits per heavy atom. The lowest BCUT2D eigenvalue weighted by Gasteiger charge is -2.35. The molecule has 2 aromatic rings. The number of nitrogens with zero attached hydrogens (tertiary/aromatic N) is 3. The Morgan fingerprint density at radius 3 is 2.26 bits per heavy atom. The highest BCUT2D eigenvalue weighted by Crippen LogP contribution is 2.10. The molecule has 0 aliphatic carbocycles. The van der Waals surface area contributed by atoms with Gasteiger partial charge in [-0.25, -0.2) is 0 Å². The van der Waals surface area contributed by atoms with Crippen LogP contribution in [0.4, 0.5) is 0 Å². The predicted molar refractivity (Wildman–Crippen MR) is 111 cm³/mol. The van der Waals surface area contributed by atoms with Crippen LogP contribution in [0.3, 0.4) is 0 Å². The molecule has 4 heteroatoms. The van der Waals surface area contributed by atoms with Crippen LogP contribution in [0.25, 0.3) is 0 Å². The van der Waals surface area contributed by atoms with E-state index in [0.29, 0.717) is 13.1 Å². The van der Waals surface area contributed by atoms with E-state index in [1.54, 1.807) is 0 Å². The molecule has 1 saturated heterocycles. The summed E-state index contributed by atoms with van der Waals surface area (Å²) in [6.45, 7) is 8.43. The molecule has 0 spiro atoms. The first-order valence-electron chi connectivity index (χ1n) is 9.89. The molecule has 3 rings (SSSR count). The summed E-state index contributed by atoms with van der Waals surface area (Å²) in [6, 6.07) is 18.9. The van der Waals surface area contributed by atoms with Crippen LogP contribution < -0.4 is 0 Å². The van der Waals surface area contributed by atoms with Gasteiger partial charge in [0.25, 0.3) is 0 Å². The summed E-state index contributed by atoms with van der Waals surface area (Å²) < 4.78 is 0. The van der Waals surface area contributed by atoms with E-state index in [9.17, 15) is 4.79 Å². The molecule has 1 aliphatic rings. The Balaban J connectivity index is 1.39. The monoisotopic (exact) mass is 365 g/mol. The van der Waals surface area contributed by atoms with E-state index in [2.05, 4.69) is 59.2 Å². The molecule has 0 unspecified atom stereocenters. The first kappa shape index (κ1) is 19.6. The van der Waals surface area contributed by atoms with E-state index in [0.717, 1.165) is 39.1 Å². The molecule has 144 valence electrons. The minimum atomic E-state index is 0.205. The van der Waals surface area contributed by atoms with Crippen molar-refractivity contribution in [3.05, 3.63) is 71.3 Å². The van der Waals surface area contributed by atoms with Crippen LogP contribution in [0.15, 0.2) is 54.6 Å². The van der Waals surface area contributed by atoms with Crippen molar-refractivity contribution in [2.45, 2.75) is 19.9 Å². The summed E-state index contributed by atoms with van der Waals surface area (Å²) in [5.41, 5.74) is 3.86. The standard InChI is InChI=1S/C23H31N3O/c1-20-8-6-7-11-22(20)18-24(2)23(27)19-26-16-14-25(15-17-26)13-12-21-9-4-3-5-10-21/h3-11H,12-19H2,1-2H3. The lowest BCUT2D eigenvalue weighted by Crippen LogP contribution is -2.49. The smallest absolute Gasteiger partial charge is 0.236 e. The predicted octanol–water partition coefficient (Wildman–Crippen LogP) is 2.81. The highest BCUT2D eigenvalue weighted by atomic mass is 16.2. The molecule has 0 N–H and O–H groups in total. The fourth-order valence-electron chi connectivity index (χ4n) is 3.55. The number of benzene rings is 2. The topological polar surface area (TPSA) is 26.8 Å². The highest BCUT2D eigenvalue weighted by molar-refractivity contribution is 5.78. The maximum Gasteiger partial charge on any atom is 0.236 e. The van der Waals surface area contributed by atoms with E-state index < -0.39 is 0 Å². The molecular formula is C23H31N3O. The Labute approximate surface area is 163 Å². The Kier molecular flexibility index (Phi) is 7.02. The van der Waals surface area contributed by atoms with E-state index in [4.69, 9.17) is 0 Å². The maximum absolute atomic E-state index is 12.6. The van der Waals surface area contributed by atoms with Crippen molar-refractivity contribution >= 4 is 5.91 Å². The minimum Gasteiger partial charge on any atom is -0.340 e.